The average molecular weight is 297 g/mol. The number of carbonyl (C=O) groups excluding carboxylic acids is 1. The van der Waals surface area contributed by atoms with Gasteiger partial charge >= 0.3 is 0 Å². The summed E-state index contributed by atoms with van der Waals surface area (Å²) in [4.78, 5) is 11.8. The molecule has 1 N–H and O–H groups in total. The standard InChI is InChI=1S/C15H23NO3S/c1-3-4-5-6-7-8-15(17)16-20(18,19)14-11-9-13(2)10-12-14/h9-12H,3-8H2,1-2H3,(H,16,17). The molecule has 0 radical (unpaired) electrons. The van der Waals surface area contributed by atoms with E-state index in [2.05, 4.69) is 11.6 Å². The van der Waals surface area contributed by atoms with Crippen LogP contribution in [0.5, 0.6) is 0 Å². The van der Waals surface area contributed by atoms with Crippen molar-refractivity contribution in [2.24, 2.45) is 0 Å². The summed E-state index contributed by atoms with van der Waals surface area (Å²) in [7, 11) is -3.72. The van der Waals surface area contributed by atoms with Crippen molar-refractivity contribution < 1.29 is 13.2 Å². The number of sulfonamides is 1. The zero-order valence-corrected chi connectivity index (χ0v) is 13.0. The second-order valence-corrected chi connectivity index (χ2v) is 6.69. The van der Waals surface area contributed by atoms with Gasteiger partial charge in [0.1, 0.15) is 0 Å². The summed E-state index contributed by atoms with van der Waals surface area (Å²) >= 11 is 0. The number of carbonyl (C=O) groups is 1. The van der Waals surface area contributed by atoms with E-state index in [1.165, 1.54) is 12.1 Å². The van der Waals surface area contributed by atoms with E-state index < -0.39 is 15.9 Å². The molecule has 5 heteroatoms. The van der Waals surface area contributed by atoms with Crippen LogP contribution < -0.4 is 4.72 Å². The van der Waals surface area contributed by atoms with Crippen LogP contribution in [0.3, 0.4) is 0 Å². The maximum atomic E-state index is 12.0. The predicted octanol–water partition coefficient (Wildman–Crippen LogP) is 3.16. The number of amides is 1. The van der Waals surface area contributed by atoms with E-state index in [1.54, 1.807) is 12.1 Å². The van der Waals surface area contributed by atoms with Crippen molar-refractivity contribution in [2.45, 2.75) is 57.3 Å². The fourth-order valence-electron chi connectivity index (χ4n) is 1.87. The molecular formula is C15H23NO3S. The molecule has 1 aromatic carbocycles. The Balaban J connectivity index is 2.46. The molecule has 0 atom stereocenters. The first kappa shape index (κ1) is 16.7. The van der Waals surface area contributed by atoms with Crippen molar-refractivity contribution in [2.75, 3.05) is 0 Å². The molecule has 0 unspecified atom stereocenters. The number of hydrogen-bond acceptors (Lipinski definition) is 3. The van der Waals surface area contributed by atoms with Crippen LogP contribution in [0.4, 0.5) is 0 Å². The smallest absolute Gasteiger partial charge is 0.264 e. The van der Waals surface area contributed by atoms with Gasteiger partial charge in [-0.25, -0.2) is 13.1 Å². The van der Waals surface area contributed by atoms with Crippen LogP contribution in [0.15, 0.2) is 29.2 Å². The molecule has 1 aromatic rings. The summed E-state index contributed by atoms with van der Waals surface area (Å²) < 4.78 is 26.0. The third kappa shape index (κ3) is 5.74. The number of aryl methyl sites for hydroxylation is 1. The van der Waals surface area contributed by atoms with Gasteiger partial charge in [-0.05, 0) is 25.5 Å². The highest BCUT2D eigenvalue weighted by atomic mass is 32.2. The maximum Gasteiger partial charge on any atom is 0.264 e. The monoisotopic (exact) mass is 297 g/mol. The summed E-state index contributed by atoms with van der Waals surface area (Å²) in [6.45, 7) is 4.01. The van der Waals surface area contributed by atoms with Crippen molar-refractivity contribution in [1.29, 1.82) is 0 Å². The van der Waals surface area contributed by atoms with Gasteiger partial charge in [0.15, 0.2) is 0 Å². The number of rotatable bonds is 8. The molecule has 0 aliphatic heterocycles. The van der Waals surface area contributed by atoms with Gasteiger partial charge in [-0.1, -0.05) is 50.3 Å². The van der Waals surface area contributed by atoms with Crippen LogP contribution in [-0.4, -0.2) is 14.3 Å². The first-order valence-corrected chi connectivity index (χ1v) is 8.56. The van der Waals surface area contributed by atoms with E-state index in [4.69, 9.17) is 0 Å². The lowest BCUT2D eigenvalue weighted by molar-refractivity contribution is -0.119. The minimum absolute atomic E-state index is 0.127. The normalized spacial score (nSPS) is 11.3. The van der Waals surface area contributed by atoms with Crippen LogP contribution in [0, 0.1) is 6.92 Å². The van der Waals surface area contributed by atoms with Gasteiger partial charge in [-0.15, -0.1) is 0 Å². The topological polar surface area (TPSA) is 63.2 Å². The lowest BCUT2D eigenvalue weighted by Gasteiger charge is -2.07. The maximum absolute atomic E-state index is 12.0. The molecule has 20 heavy (non-hydrogen) atoms. The summed E-state index contributed by atoms with van der Waals surface area (Å²) in [5.41, 5.74) is 0.978. The first-order valence-electron chi connectivity index (χ1n) is 7.08. The van der Waals surface area contributed by atoms with Gasteiger partial charge < -0.3 is 0 Å². The highest BCUT2D eigenvalue weighted by molar-refractivity contribution is 7.90. The minimum atomic E-state index is -3.72. The second kappa shape index (κ2) is 8.04. The molecule has 0 saturated heterocycles. The SMILES string of the molecule is CCCCCCCC(=O)NS(=O)(=O)c1ccc(C)cc1. The Kier molecular flexibility index (Phi) is 6.71. The number of nitrogens with one attached hydrogen (secondary N) is 1. The van der Waals surface area contributed by atoms with E-state index >= 15 is 0 Å². The summed E-state index contributed by atoms with van der Waals surface area (Å²) in [5, 5.41) is 0. The van der Waals surface area contributed by atoms with Gasteiger partial charge in [0.05, 0.1) is 4.90 Å². The van der Waals surface area contributed by atoms with E-state index in [1.807, 2.05) is 6.92 Å². The van der Waals surface area contributed by atoms with Gasteiger partial charge in [0.2, 0.25) is 5.91 Å². The van der Waals surface area contributed by atoms with Gasteiger partial charge in [-0.3, -0.25) is 4.79 Å². The molecule has 0 spiro atoms. The molecule has 1 rings (SSSR count). The fraction of sp³-hybridized carbons (Fsp3) is 0.533. The highest BCUT2D eigenvalue weighted by Crippen LogP contribution is 2.11. The second-order valence-electron chi connectivity index (χ2n) is 5.01. The molecule has 0 fully saturated rings. The molecule has 0 bridgehead atoms. The van der Waals surface area contributed by atoms with Crippen molar-refractivity contribution in [3.63, 3.8) is 0 Å². The van der Waals surface area contributed by atoms with Crippen molar-refractivity contribution >= 4 is 15.9 Å². The Morgan fingerprint density at radius 2 is 1.65 bits per heavy atom. The molecule has 0 heterocycles. The molecule has 112 valence electrons. The molecule has 0 saturated carbocycles. The van der Waals surface area contributed by atoms with Crippen molar-refractivity contribution in [3.05, 3.63) is 29.8 Å². The third-order valence-electron chi connectivity index (χ3n) is 3.09. The zero-order chi connectivity index (χ0) is 15.0. The molecule has 4 nitrogen and oxygen atoms in total. The summed E-state index contributed by atoms with van der Waals surface area (Å²) in [6, 6.07) is 6.44. The van der Waals surface area contributed by atoms with E-state index in [9.17, 15) is 13.2 Å². The van der Waals surface area contributed by atoms with Crippen LogP contribution in [0.25, 0.3) is 0 Å². The molecule has 1 amide bonds. The largest absolute Gasteiger partial charge is 0.274 e. The molecule has 0 aromatic heterocycles. The Hall–Kier alpha value is -1.36. The fourth-order valence-corrected chi connectivity index (χ4v) is 2.88. The van der Waals surface area contributed by atoms with Gasteiger partial charge in [-0.2, -0.15) is 0 Å². The molecule has 0 aliphatic carbocycles. The van der Waals surface area contributed by atoms with Crippen molar-refractivity contribution in [1.82, 2.24) is 4.72 Å². The Morgan fingerprint density at radius 1 is 1.05 bits per heavy atom. The lowest BCUT2D eigenvalue weighted by Crippen LogP contribution is -2.30. The number of benzene rings is 1. The van der Waals surface area contributed by atoms with Crippen LogP contribution >= 0.6 is 0 Å². The van der Waals surface area contributed by atoms with E-state index in [0.717, 1.165) is 37.7 Å². The number of hydrogen-bond donors (Lipinski definition) is 1. The van der Waals surface area contributed by atoms with Crippen molar-refractivity contribution in [3.8, 4) is 0 Å². The van der Waals surface area contributed by atoms with Gasteiger partial charge in [0.25, 0.3) is 10.0 Å². The number of unbranched alkanes of at least 4 members (excludes halogenated alkanes) is 4. The van der Waals surface area contributed by atoms with E-state index in [0.29, 0.717) is 0 Å². The Morgan fingerprint density at radius 3 is 2.25 bits per heavy atom. The van der Waals surface area contributed by atoms with E-state index in [-0.39, 0.29) is 11.3 Å². The van der Waals surface area contributed by atoms with Crippen LogP contribution in [0.2, 0.25) is 0 Å². The Labute approximate surface area is 121 Å². The Bertz CT molecular complexity index is 521. The third-order valence-corrected chi connectivity index (χ3v) is 4.48. The molecular weight excluding hydrogens is 274 g/mol. The minimum Gasteiger partial charge on any atom is -0.274 e. The summed E-state index contributed by atoms with van der Waals surface area (Å²) in [6.07, 6.45) is 5.35. The summed E-state index contributed by atoms with van der Waals surface area (Å²) in [5.74, 6) is -0.429. The quantitative estimate of drug-likeness (QED) is 0.750. The average Bonchev–Trinajstić information content (AvgIpc) is 2.38. The lowest BCUT2D eigenvalue weighted by atomic mass is 10.1. The molecule has 0 aliphatic rings. The highest BCUT2D eigenvalue weighted by Gasteiger charge is 2.16. The van der Waals surface area contributed by atoms with Crippen LogP contribution in [-0.2, 0) is 14.8 Å². The first-order chi connectivity index (χ1) is 9.45. The zero-order valence-electron chi connectivity index (χ0n) is 12.2. The van der Waals surface area contributed by atoms with Gasteiger partial charge in [0, 0.05) is 6.42 Å². The van der Waals surface area contributed by atoms with Crippen LogP contribution in [0.1, 0.15) is 51.0 Å². The predicted molar refractivity (Wildman–Crippen MR) is 79.9 cm³/mol.